The van der Waals surface area contributed by atoms with Crippen molar-refractivity contribution in [2.75, 3.05) is 12.3 Å². The van der Waals surface area contributed by atoms with Gasteiger partial charge in [-0.25, -0.2) is 8.42 Å². The van der Waals surface area contributed by atoms with E-state index in [2.05, 4.69) is 0 Å². The summed E-state index contributed by atoms with van der Waals surface area (Å²) < 4.78 is 27.3. The van der Waals surface area contributed by atoms with E-state index >= 15 is 0 Å². The van der Waals surface area contributed by atoms with E-state index in [9.17, 15) is 8.42 Å². The first-order valence-corrected chi connectivity index (χ1v) is 8.35. The maximum Gasteiger partial charge on any atom is 0.243 e. The Kier molecular flexibility index (Phi) is 4.16. The van der Waals surface area contributed by atoms with Crippen molar-refractivity contribution in [2.45, 2.75) is 50.5 Å². The first kappa shape index (κ1) is 14.3. The predicted molar refractivity (Wildman–Crippen MR) is 77.4 cm³/mol. The van der Waals surface area contributed by atoms with Gasteiger partial charge in [0.05, 0.1) is 4.90 Å². The minimum atomic E-state index is -3.41. The van der Waals surface area contributed by atoms with E-state index in [1.807, 2.05) is 19.9 Å². The van der Waals surface area contributed by atoms with E-state index < -0.39 is 10.0 Å². The third-order valence-corrected chi connectivity index (χ3v) is 5.49. The summed E-state index contributed by atoms with van der Waals surface area (Å²) in [6, 6.07) is 5.37. The summed E-state index contributed by atoms with van der Waals surface area (Å²) in [4.78, 5) is 0.385. The van der Waals surface area contributed by atoms with E-state index in [-0.39, 0.29) is 6.04 Å². The average molecular weight is 282 g/mol. The van der Waals surface area contributed by atoms with Crippen molar-refractivity contribution >= 4 is 15.7 Å². The van der Waals surface area contributed by atoms with Gasteiger partial charge in [-0.1, -0.05) is 19.9 Å². The van der Waals surface area contributed by atoms with Crippen LogP contribution in [0.15, 0.2) is 23.1 Å². The van der Waals surface area contributed by atoms with E-state index in [0.29, 0.717) is 23.5 Å². The Hall–Kier alpha value is -1.07. The molecule has 0 spiro atoms. The number of rotatable bonds is 6. The second-order valence-electron chi connectivity index (χ2n) is 5.07. The van der Waals surface area contributed by atoms with Crippen LogP contribution in [0.4, 0.5) is 5.69 Å². The number of benzene rings is 1. The number of hydrogen-bond acceptors (Lipinski definition) is 3. The normalized spacial score (nSPS) is 15.9. The molecule has 0 heterocycles. The minimum Gasteiger partial charge on any atom is -0.399 e. The van der Waals surface area contributed by atoms with Crippen molar-refractivity contribution < 1.29 is 8.42 Å². The van der Waals surface area contributed by atoms with E-state index in [1.165, 1.54) is 0 Å². The fraction of sp³-hybridized carbons (Fsp3) is 0.571. The molecule has 1 fully saturated rings. The number of nitrogens with zero attached hydrogens (tertiary/aromatic N) is 1. The molecule has 1 aromatic rings. The fourth-order valence-corrected chi connectivity index (χ4v) is 4.42. The second-order valence-corrected chi connectivity index (χ2v) is 6.93. The predicted octanol–water partition coefficient (Wildman–Crippen LogP) is 2.39. The molecule has 19 heavy (non-hydrogen) atoms. The molecule has 0 amide bonds. The highest BCUT2D eigenvalue weighted by atomic mass is 32.2. The number of hydrogen-bond donors (Lipinski definition) is 1. The molecular formula is C14H22N2O2S. The van der Waals surface area contributed by atoms with Gasteiger partial charge in [-0.3, -0.25) is 0 Å². The van der Waals surface area contributed by atoms with Crippen LogP contribution in [0.1, 0.15) is 38.7 Å². The van der Waals surface area contributed by atoms with Crippen molar-refractivity contribution in [3.63, 3.8) is 0 Å². The molecule has 0 aromatic heterocycles. The van der Waals surface area contributed by atoms with E-state index in [4.69, 9.17) is 5.73 Å². The van der Waals surface area contributed by atoms with Crippen molar-refractivity contribution in [3.05, 3.63) is 23.8 Å². The summed E-state index contributed by atoms with van der Waals surface area (Å²) in [7, 11) is -3.41. The van der Waals surface area contributed by atoms with Gasteiger partial charge in [-0.15, -0.1) is 0 Å². The zero-order valence-corrected chi connectivity index (χ0v) is 12.4. The Morgan fingerprint density at radius 3 is 2.53 bits per heavy atom. The van der Waals surface area contributed by atoms with Crippen molar-refractivity contribution in [1.29, 1.82) is 0 Å². The lowest BCUT2D eigenvalue weighted by atomic mass is 10.1. The molecule has 0 aliphatic heterocycles. The zero-order chi connectivity index (χ0) is 14.0. The van der Waals surface area contributed by atoms with Crippen LogP contribution in [0, 0.1) is 0 Å². The first-order chi connectivity index (χ1) is 9.00. The quantitative estimate of drug-likeness (QED) is 0.815. The SMILES string of the molecule is CCCN(C1CC1)S(=O)(=O)c1cc(N)ccc1CC. The van der Waals surface area contributed by atoms with Gasteiger partial charge >= 0.3 is 0 Å². The summed E-state index contributed by atoms with van der Waals surface area (Å²) >= 11 is 0. The summed E-state index contributed by atoms with van der Waals surface area (Å²) in [5, 5.41) is 0. The molecule has 0 radical (unpaired) electrons. The van der Waals surface area contributed by atoms with E-state index in [1.54, 1.807) is 16.4 Å². The van der Waals surface area contributed by atoms with Gasteiger partial charge in [0.2, 0.25) is 10.0 Å². The average Bonchev–Trinajstić information content (AvgIpc) is 3.20. The first-order valence-electron chi connectivity index (χ1n) is 6.91. The van der Waals surface area contributed by atoms with Crippen LogP contribution < -0.4 is 5.73 Å². The molecule has 2 rings (SSSR count). The highest BCUT2D eigenvalue weighted by molar-refractivity contribution is 7.89. The van der Waals surface area contributed by atoms with Crippen LogP contribution in [-0.2, 0) is 16.4 Å². The molecule has 106 valence electrons. The molecule has 1 saturated carbocycles. The van der Waals surface area contributed by atoms with Gasteiger partial charge in [-0.2, -0.15) is 4.31 Å². The Bertz CT molecular complexity index is 551. The van der Waals surface area contributed by atoms with Crippen LogP contribution >= 0.6 is 0 Å². The van der Waals surface area contributed by atoms with Gasteiger partial charge in [0, 0.05) is 18.3 Å². The Labute approximate surface area is 115 Å². The third kappa shape index (κ3) is 2.92. The van der Waals surface area contributed by atoms with Gasteiger partial charge in [-0.05, 0) is 43.4 Å². The van der Waals surface area contributed by atoms with Crippen LogP contribution in [0.5, 0.6) is 0 Å². The molecule has 0 unspecified atom stereocenters. The maximum absolute atomic E-state index is 12.8. The monoisotopic (exact) mass is 282 g/mol. The van der Waals surface area contributed by atoms with Crippen molar-refractivity contribution in [3.8, 4) is 0 Å². The zero-order valence-electron chi connectivity index (χ0n) is 11.6. The molecule has 0 atom stereocenters. The topological polar surface area (TPSA) is 63.4 Å². The Balaban J connectivity index is 2.45. The molecule has 1 aromatic carbocycles. The minimum absolute atomic E-state index is 0.191. The highest BCUT2D eigenvalue weighted by Crippen LogP contribution is 2.33. The van der Waals surface area contributed by atoms with Crippen LogP contribution in [0.2, 0.25) is 0 Å². The molecule has 0 saturated heterocycles. The number of nitrogen functional groups attached to an aromatic ring is 1. The summed E-state index contributed by atoms with van der Waals surface area (Å²) in [5.41, 5.74) is 7.11. The highest BCUT2D eigenvalue weighted by Gasteiger charge is 2.38. The number of sulfonamides is 1. The van der Waals surface area contributed by atoms with E-state index in [0.717, 1.165) is 24.8 Å². The van der Waals surface area contributed by atoms with Gasteiger partial charge < -0.3 is 5.73 Å². The number of nitrogens with two attached hydrogens (primary N) is 1. The smallest absolute Gasteiger partial charge is 0.243 e. The second kappa shape index (κ2) is 5.51. The van der Waals surface area contributed by atoms with Crippen molar-refractivity contribution in [1.82, 2.24) is 4.31 Å². The van der Waals surface area contributed by atoms with Gasteiger partial charge in [0.15, 0.2) is 0 Å². The molecule has 4 nitrogen and oxygen atoms in total. The van der Waals surface area contributed by atoms with Crippen LogP contribution in [0.3, 0.4) is 0 Å². The summed E-state index contributed by atoms with van der Waals surface area (Å²) in [6.07, 6.45) is 3.48. The fourth-order valence-electron chi connectivity index (χ4n) is 2.31. The lowest BCUT2D eigenvalue weighted by Crippen LogP contribution is -2.34. The molecule has 1 aliphatic rings. The maximum atomic E-state index is 12.8. The number of anilines is 1. The summed E-state index contributed by atoms with van der Waals surface area (Å²) in [6.45, 7) is 4.56. The lowest BCUT2D eigenvalue weighted by Gasteiger charge is -2.23. The molecule has 1 aliphatic carbocycles. The largest absolute Gasteiger partial charge is 0.399 e. The lowest BCUT2D eigenvalue weighted by molar-refractivity contribution is 0.403. The molecular weight excluding hydrogens is 260 g/mol. The Morgan fingerprint density at radius 1 is 1.32 bits per heavy atom. The molecule has 2 N–H and O–H groups in total. The van der Waals surface area contributed by atoms with Crippen molar-refractivity contribution in [2.24, 2.45) is 0 Å². The Morgan fingerprint density at radius 2 is 2.00 bits per heavy atom. The molecule has 0 bridgehead atoms. The third-order valence-electron chi connectivity index (χ3n) is 3.46. The van der Waals surface area contributed by atoms with Gasteiger partial charge in [0.25, 0.3) is 0 Å². The van der Waals surface area contributed by atoms with Crippen LogP contribution in [-0.4, -0.2) is 25.3 Å². The number of aryl methyl sites for hydroxylation is 1. The van der Waals surface area contributed by atoms with Gasteiger partial charge in [0.1, 0.15) is 0 Å². The standard InChI is InChI=1S/C14H22N2O2S/c1-3-9-16(13-7-8-13)19(17,18)14-10-12(15)6-5-11(14)4-2/h5-6,10,13H,3-4,7-9,15H2,1-2H3. The van der Waals surface area contributed by atoms with Crippen LogP contribution in [0.25, 0.3) is 0 Å². The summed E-state index contributed by atoms with van der Waals surface area (Å²) in [5.74, 6) is 0. The molecule has 5 heteroatoms.